The Kier molecular flexibility index (Phi) is 2.10. The molecule has 1 atom stereocenters. The van der Waals surface area contributed by atoms with Crippen LogP contribution in [0.2, 0.25) is 0 Å². The number of benzene rings is 1. The Hall–Kier alpha value is -1.57. The zero-order valence-electron chi connectivity index (χ0n) is 9.77. The summed E-state index contributed by atoms with van der Waals surface area (Å²) in [6.45, 7) is 3.47. The molecule has 2 aliphatic rings. The number of hydrogen-bond donors (Lipinski definition) is 0. The van der Waals surface area contributed by atoms with Gasteiger partial charge >= 0.3 is 0 Å². The van der Waals surface area contributed by atoms with Crippen LogP contribution in [0.3, 0.4) is 0 Å². The van der Waals surface area contributed by atoms with Crippen molar-refractivity contribution >= 4 is 17.5 Å². The molecule has 2 heterocycles. The van der Waals surface area contributed by atoms with Crippen LogP contribution in [0.15, 0.2) is 35.0 Å². The Morgan fingerprint density at radius 3 is 2.88 bits per heavy atom. The van der Waals surface area contributed by atoms with Gasteiger partial charge < -0.3 is 4.90 Å². The second-order valence-electron chi connectivity index (χ2n) is 4.83. The van der Waals surface area contributed by atoms with E-state index in [1.54, 1.807) is 0 Å². The van der Waals surface area contributed by atoms with Gasteiger partial charge in [0.25, 0.3) is 0 Å². The predicted molar refractivity (Wildman–Crippen MR) is 67.9 cm³/mol. The first kappa shape index (κ1) is 9.64. The summed E-state index contributed by atoms with van der Waals surface area (Å²) in [4.78, 5) is 6.84. The molecule has 0 bridgehead atoms. The third kappa shape index (κ3) is 1.37. The average Bonchev–Trinajstić information content (AvgIpc) is 2.81. The van der Waals surface area contributed by atoms with Gasteiger partial charge in [0.15, 0.2) is 0 Å². The molecule has 82 valence electrons. The molecule has 0 aromatic heterocycles. The summed E-state index contributed by atoms with van der Waals surface area (Å²) in [7, 11) is 2.18. The molecular weight excluding hydrogens is 196 g/mol. The minimum atomic E-state index is 0.758. The fourth-order valence-corrected chi connectivity index (χ4v) is 2.69. The number of likely N-dealkylation sites (tertiary alicyclic amines) is 1. The van der Waals surface area contributed by atoms with E-state index in [1.807, 2.05) is 12.3 Å². The zero-order chi connectivity index (χ0) is 11.1. The molecule has 0 unspecified atom stereocenters. The second kappa shape index (κ2) is 3.48. The van der Waals surface area contributed by atoms with E-state index in [1.165, 1.54) is 23.3 Å². The third-order valence-electron chi connectivity index (χ3n) is 3.43. The molecule has 2 aliphatic heterocycles. The van der Waals surface area contributed by atoms with Crippen molar-refractivity contribution in [3.05, 3.63) is 35.5 Å². The van der Waals surface area contributed by atoms with Crippen LogP contribution in [0.1, 0.15) is 18.9 Å². The van der Waals surface area contributed by atoms with Crippen LogP contribution < -0.4 is 0 Å². The Morgan fingerprint density at radius 2 is 2.12 bits per heavy atom. The molecule has 1 aromatic rings. The smallest absolute Gasteiger partial charge is 0.0709 e. The normalized spacial score (nSPS) is 27.6. The van der Waals surface area contributed by atoms with Crippen LogP contribution in [0.5, 0.6) is 0 Å². The zero-order valence-corrected chi connectivity index (χ0v) is 9.77. The summed E-state index contributed by atoms with van der Waals surface area (Å²) in [6, 6.07) is 8.39. The van der Waals surface area contributed by atoms with E-state index in [-0.39, 0.29) is 0 Å². The van der Waals surface area contributed by atoms with Crippen LogP contribution >= 0.6 is 0 Å². The van der Waals surface area contributed by atoms with Gasteiger partial charge in [-0.25, -0.2) is 0 Å². The summed E-state index contributed by atoms with van der Waals surface area (Å²) in [5.41, 5.74) is 5.17. The number of allylic oxidation sites excluding steroid dienone is 2. The molecule has 2 heteroatoms. The molecule has 0 spiro atoms. The molecule has 0 radical (unpaired) electrons. The fourth-order valence-electron chi connectivity index (χ4n) is 2.69. The fraction of sp³-hybridized carbons (Fsp3) is 0.357. The molecule has 3 rings (SSSR count). The summed E-state index contributed by atoms with van der Waals surface area (Å²) in [5.74, 6) is 0.758. The van der Waals surface area contributed by atoms with Gasteiger partial charge in [-0.1, -0.05) is 25.1 Å². The molecule has 0 saturated carbocycles. The van der Waals surface area contributed by atoms with Crippen LogP contribution in [-0.2, 0) is 0 Å². The third-order valence-corrected chi connectivity index (χ3v) is 3.43. The van der Waals surface area contributed by atoms with E-state index < -0.39 is 0 Å². The topological polar surface area (TPSA) is 15.6 Å². The monoisotopic (exact) mass is 212 g/mol. The number of aliphatic imine (C=N–C) groups is 1. The summed E-state index contributed by atoms with van der Waals surface area (Å²) in [6.07, 6.45) is 3.20. The van der Waals surface area contributed by atoms with Crippen LogP contribution in [0.4, 0.5) is 5.69 Å². The van der Waals surface area contributed by atoms with E-state index in [2.05, 4.69) is 42.1 Å². The standard InChI is InChI=1S/C14H16N2/c1-10-7-14(16(2)9-10)12-8-15-13-6-4-3-5-11(12)13/h3-6,8,10H,7,9H2,1-2H3/b14-12+/t10-/m0/s1. The maximum atomic E-state index is 4.48. The van der Waals surface area contributed by atoms with E-state index in [9.17, 15) is 0 Å². The highest BCUT2D eigenvalue weighted by molar-refractivity contribution is 6.17. The van der Waals surface area contributed by atoms with Crippen molar-refractivity contribution < 1.29 is 0 Å². The molecule has 2 nitrogen and oxygen atoms in total. The van der Waals surface area contributed by atoms with Gasteiger partial charge in [-0.3, -0.25) is 4.99 Å². The van der Waals surface area contributed by atoms with Gasteiger partial charge in [-0.2, -0.15) is 0 Å². The van der Waals surface area contributed by atoms with Gasteiger partial charge in [0.05, 0.1) is 5.69 Å². The Labute approximate surface area is 96.3 Å². The Bertz CT molecular complexity index is 485. The highest BCUT2D eigenvalue weighted by Crippen LogP contribution is 2.37. The van der Waals surface area contributed by atoms with E-state index in [0.29, 0.717) is 0 Å². The quantitative estimate of drug-likeness (QED) is 0.645. The average molecular weight is 212 g/mol. The number of fused-ring (bicyclic) bond motifs is 1. The lowest BCUT2D eigenvalue weighted by molar-refractivity contribution is 0.448. The maximum absolute atomic E-state index is 4.48. The first-order valence-electron chi connectivity index (χ1n) is 5.83. The van der Waals surface area contributed by atoms with E-state index in [0.717, 1.165) is 18.2 Å². The highest BCUT2D eigenvalue weighted by Gasteiger charge is 2.25. The lowest BCUT2D eigenvalue weighted by Gasteiger charge is -2.15. The minimum absolute atomic E-state index is 0.758. The first-order chi connectivity index (χ1) is 7.75. The lowest BCUT2D eigenvalue weighted by atomic mass is 10.0. The molecule has 0 N–H and O–H groups in total. The molecular formula is C14H16N2. The number of nitrogens with zero attached hydrogens (tertiary/aromatic N) is 2. The van der Waals surface area contributed by atoms with Crippen molar-refractivity contribution in [3.63, 3.8) is 0 Å². The van der Waals surface area contributed by atoms with Gasteiger partial charge in [0.2, 0.25) is 0 Å². The van der Waals surface area contributed by atoms with Crippen molar-refractivity contribution in [1.29, 1.82) is 0 Å². The largest absolute Gasteiger partial charge is 0.377 e. The Morgan fingerprint density at radius 1 is 1.31 bits per heavy atom. The summed E-state index contributed by atoms with van der Waals surface area (Å²) in [5, 5.41) is 0. The van der Waals surface area contributed by atoms with Crippen LogP contribution in [0, 0.1) is 5.92 Å². The molecule has 1 fully saturated rings. The Balaban J connectivity index is 2.10. The molecule has 1 saturated heterocycles. The first-order valence-corrected chi connectivity index (χ1v) is 5.83. The van der Waals surface area contributed by atoms with Gasteiger partial charge in [-0.15, -0.1) is 0 Å². The second-order valence-corrected chi connectivity index (χ2v) is 4.83. The van der Waals surface area contributed by atoms with E-state index in [4.69, 9.17) is 0 Å². The molecule has 16 heavy (non-hydrogen) atoms. The number of para-hydroxylation sites is 1. The summed E-state index contributed by atoms with van der Waals surface area (Å²) < 4.78 is 0. The SMILES string of the molecule is C[C@H]1C/C(=C2/C=Nc3ccccc32)N(C)C1. The number of rotatable bonds is 0. The van der Waals surface area contributed by atoms with Crippen molar-refractivity contribution in [2.24, 2.45) is 10.9 Å². The van der Waals surface area contributed by atoms with Gasteiger partial charge in [0.1, 0.15) is 0 Å². The van der Waals surface area contributed by atoms with E-state index >= 15 is 0 Å². The van der Waals surface area contributed by atoms with Crippen LogP contribution in [-0.4, -0.2) is 24.7 Å². The van der Waals surface area contributed by atoms with Crippen molar-refractivity contribution in [2.45, 2.75) is 13.3 Å². The molecule has 1 aromatic carbocycles. The number of hydrogen-bond acceptors (Lipinski definition) is 2. The molecule has 0 aliphatic carbocycles. The highest BCUT2D eigenvalue weighted by atomic mass is 15.1. The predicted octanol–water partition coefficient (Wildman–Crippen LogP) is 3.09. The lowest BCUT2D eigenvalue weighted by Crippen LogP contribution is -2.13. The van der Waals surface area contributed by atoms with Gasteiger partial charge in [-0.05, 0) is 18.4 Å². The molecule has 0 amide bonds. The van der Waals surface area contributed by atoms with Crippen LogP contribution in [0.25, 0.3) is 5.57 Å². The van der Waals surface area contributed by atoms with Gasteiger partial charge in [0, 0.05) is 36.6 Å². The van der Waals surface area contributed by atoms with Crippen molar-refractivity contribution in [1.82, 2.24) is 4.90 Å². The van der Waals surface area contributed by atoms with Crippen molar-refractivity contribution in [2.75, 3.05) is 13.6 Å². The van der Waals surface area contributed by atoms with Crippen molar-refractivity contribution in [3.8, 4) is 0 Å². The summed E-state index contributed by atoms with van der Waals surface area (Å²) >= 11 is 0. The maximum Gasteiger partial charge on any atom is 0.0709 e. The minimum Gasteiger partial charge on any atom is -0.377 e.